The van der Waals surface area contributed by atoms with E-state index in [0.29, 0.717) is 0 Å². The molecule has 10 heteroatoms. The number of ether oxygens (including phenoxy) is 1. The lowest BCUT2D eigenvalue weighted by atomic mass is 10.2. The van der Waals surface area contributed by atoms with Gasteiger partial charge in [-0.05, 0) is 0 Å². The molecule has 1 fully saturated rings. The molecule has 4 N–H and O–H groups in total. The summed E-state index contributed by atoms with van der Waals surface area (Å²) in [6.45, 7) is 0.985. The number of amides is 1. The Morgan fingerprint density at radius 2 is 2.41 bits per heavy atom. The standard InChI is InChI=1S/C12H15N5O5/c1-5(19)14-12-15-10-9(11(21)16-12)13-4-17(10)8-2-6(20)7(3-18)22-8/h4,6-8,18,20H,2-3H2,1H3,(H2,14,15,16,19,21)/t6-,7+,8-/m0/s1. The number of aromatic amines is 1. The molecule has 1 saturated heterocycles. The first-order valence-corrected chi connectivity index (χ1v) is 6.68. The van der Waals surface area contributed by atoms with E-state index in [4.69, 9.17) is 9.84 Å². The zero-order valence-corrected chi connectivity index (χ0v) is 11.7. The van der Waals surface area contributed by atoms with Crippen LogP contribution in [0.5, 0.6) is 0 Å². The summed E-state index contributed by atoms with van der Waals surface area (Å²) in [6.07, 6.45) is -0.498. The molecule has 3 atom stereocenters. The van der Waals surface area contributed by atoms with Crippen molar-refractivity contribution in [2.75, 3.05) is 11.9 Å². The van der Waals surface area contributed by atoms with Crippen molar-refractivity contribution >= 4 is 23.0 Å². The fourth-order valence-corrected chi connectivity index (χ4v) is 2.41. The summed E-state index contributed by atoms with van der Waals surface area (Å²) < 4.78 is 7.01. The second kappa shape index (κ2) is 5.48. The number of fused-ring (bicyclic) bond motifs is 1. The first-order valence-electron chi connectivity index (χ1n) is 6.68. The van der Waals surface area contributed by atoms with E-state index >= 15 is 0 Å². The Bertz CT molecular complexity index is 769. The van der Waals surface area contributed by atoms with Gasteiger partial charge in [0, 0.05) is 13.3 Å². The third-order valence-corrected chi connectivity index (χ3v) is 3.42. The van der Waals surface area contributed by atoms with Crippen molar-refractivity contribution in [1.82, 2.24) is 19.5 Å². The van der Waals surface area contributed by atoms with Crippen LogP contribution in [-0.2, 0) is 9.53 Å². The van der Waals surface area contributed by atoms with Gasteiger partial charge in [0.1, 0.15) is 12.3 Å². The van der Waals surface area contributed by atoms with Gasteiger partial charge in [-0.25, -0.2) is 4.98 Å². The molecule has 1 amide bonds. The molecule has 3 heterocycles. The van der Waals surface area contributed by atoms with Crippen molar-refractivity contribution < 1.29 is 19.7 Å². The molecule has 1 aliphatic rings. The van der Waals surface area contributed by atoms with Gasteiger partial charge in [0.25, 0.3) is 5.56 Å². The Balaban J connectivity index is 2.02. The SMILES string of the molecule is CC(=O)Nc1nc2c(ncn2[C@@H]2C[C@H](O)[C@@H](CO)O2)c(=O)[nH]1. The van der Waals surface area contributed by atoms with E-state index < -0.39 is 24.0 Å². The largest absolute Gasteiger partial charge is 0.394 e. The zero-order chi connectivity index (χ0) is 15.9. The smallest absolute Gasteiger partial charge is 0.280 e. The number of carbonyl (C=O) groups is 1. The number of rotatable bonds is 3. The number of anilines is 1. The average Bonchev–Trinajstić information content (AvgIpc) is 3.01. The van der Waals surface area contributed by atoms with Gasteiger partial charge in [-0.3, -0.25) is 24.5 Å². The maximum Gasteiger partial charge on any atom is 0.280 e. The van der Waals surface area contributed by atoms with Gasteiger partial charge in [0.05, 0.1) is 19.0 Å². The molecule has 0 radical (unpaired) electrons. The van der Waals surface area contributed by atoms with E-state index in [1.807, 2.05) is 0 Å². The number of imidazole rings is 1. The Labute approximate surface area is 123 Å². The van der Waals surface area contributed by atoms with Gasteiger partial charge in [-0.1, -0.05) is 0 Å². The van der Waals surface area contributed by atoms with Crippen LogP contribution in [0.2, 0.25) is 0 Å². The van der Waals surface area contributed by atoms with E-state index in [-0.39, 0.29) is 36.0 Å². The number of aliphatic hydroxyl groups excluding tert-OH is 2. The molecule has 0 unspecified atom stereocenters. The molecule has 0 bridgehead atoms. The summed E-state index contributed by atoms with van der Waals surface area (Å²) in [5.41, 5.74) is -0.173. The highest BCUT2D eigenvalue weighted by Crippen LogP contribution is 2.30. The van der Waals surface area contributed by atoms with E-state index in [9.17, 15) is 14.7 Å². The second-order valence-corrected chi connectivity index (χ2v) is 5.03. The van der Waals surface area contributed by atoms with E-state index in [0.717, 1.165) is 0 Å². The molecule has 22 heavy (non-hydrogen) atoms. The van der Waals surface area contributed by atoms with Gasteiger partial charge in [0.15, 0.2) is 11.2 Å². The summed E-state index contributed by atoms with van der Waals surface area (Å²) in [5, 5.41) is 21.3. The number of aliphatic hydroxyl groups is 2. The number of hydrogen-bond acceptors (Lipinski definition) is 7. The molecule has 0 saturated carbocycles. The molecule has 0 aliphatic carbocycles. The Morgan fingerprint density at radius 3 is 3.05 bits per heavy atom. The fourth-order valence-electron chi connectivity index (χ4n) is 2.41. The van der Waals surface area contributed by atoms with Gasteiger partial charge in [-0.15, -0.1) is 0 Å². The van der Waals surface area contributed by atoms with Crippen molar-refractivity contribution in [3.05, 3.63) is 16.7 Å². The quantitative estimate of drug-likeness (QED) is 0.553. The lowest BCUT2D eigenvalue weighted by molar-refractivity contribution is -0.114. The maximum absolute atomic E-state index is 11.9. The monoisotopic (exact) mass is 309 g/mol. The first-order chi connectivity index (χ1) is 10.5. The van der Waals surface area contributed by atoms with Crippen LogP contribution in [0, 0.1) is 0 Å². The Morgan fingerprint density at radius 1 is 1.64 bits per heavy atom. The summed E-state index contributed by atoms with van der Waals surface area (Å²) >= 11 is 0. The van der Waals surface area contributed by atoms with Gasteiger partial charge >= 0.3 is 0 Å². The predicted molar refractivity (Wildman–Crippen MR) is 74.1 cm³/mol. The van der Waals surface area contributed by atoms with Crippen LogP contribution < -0.4 is 10.9 Å². The highest BCUT2D eigenvalue weighted by Gasteiger charge is 2.35. The highest BCUT2D eigenvalue weighted by molar-refractivity contribution is 5.87. The molecule has 2 aromatic heterocycles. The Hall–Kier alpha value is -2.30. The molecule has 0 aromatic carbocycles. The first kappa shape index (κ1) is 14.6. The predicted octanol–water partition coefficient (Wildman–Crippen LogP) is -1.28. The maximum atomic E-state index is 11.9. The molecule has 0 spiro atoms. The van der Waals surface area contributed by atoms with Crippen molar-refractivity contribution in [2.45, 2.75) is 31.8 Å². The minimum atomic E-state index is -0.815. The number of nitrogens with one attached hydrogen (secondary N) is 2. The van der Waals surface area contributed by atoms with Crippen LogP contribution in [0.3, 0.4) is 0 Å². The summed E-state index contributed by atoms with van der Waals surface area (Å²) in [5.74, 6) is -0.370. The van der Waals surface area contributed by atoms with Gasteiger partial charge < -0.3 is 14.9 Å². The summed E-state index contributed by atoms with van der Waals surface area (Å²) in [7, 11) is 0. The van der Waals surface area contributed by atoms with Crippen molar-refractivity contribution in [1.29, 1.82) is 0 Å². The van der Waals surface area contributed by atoms with E-state index in [1.165, 1.54) is 17.8 Å². The van der Waals surface area contributed by atoms with Crippen molar-refractivity contribution in [2.24, 2.45) is 0 Å². The fraction of sp³-hybridized carbons (Fsp3) is 0.500. The molecule has 3 rings (SSSR count). The number of aromatic nitrogens is 4. The Kier molecular flexibility index (Phi) is 3.64. The van der Waals surface area contributed by atoms with Gasteiger partial charge in [-0.2, -0.15) is 4.98 Å². The number of hydrogen-bond donors (Lipinski definition) is 4. The average molecular weight is 309 g/mol. The molecule has 10 nitrogen and oxygen atoms in total. The molecule has 2 aromatic rings. The summed E-state index contributed by atoms with van der Waals surface area (Å²) in [6, 6.07) is 0. The normalized spacial score (nSPS) is 24.8. The molecular formula is C12H15N5O5. The van der Waals surface area contributed by atoms with Gasteiger partial charge in [0.2, 0.25) is 11.9 Å². The van der Waals surface area contributed by atoms with Crippen LogP contribution in [0.1, 0.15) is 19.6 Å². The zero-order valence-electron chi connectivity index (χ0n) is 11.7. The van der Waals surface area contributed by atoms with Crippen molar-refractivity contribution in [3.63, 3.8) is 0 Å². The lowest BCUT2D eigenvalue weighted by Gasteiger charge is -2.13. The van der Waals surface area contributed by atoms with Crippen molar-refractivity contribution in [3.8, 4) is 0 Å². The van der Waals surface area contributed by atoms with Crippen LogP contribution in [0.15, 0.2) is 11.1 Å². The van der Waals surface area contributed by atoms with Crippen LogP contribution in [-0.4, -0.2) is 54.5 Å². The minimum Gasteiger partial charge on any atom is -0.394 e. The number of carbonyl (C=O) groups excluding carboxylic acids is 1. The minimum absolute atomic E-state index is 0.00371. The molecule has 118 valence electrons. The molecular weight excluding hydrogens is 294 g/mol. The van der Waals surface area contributed by atoms with Crippen LogP contribution >= 0.6 is 0 Å². The van der Waals surface area contributed by atoms with E-state index in [2.05, 4.69) is 20.3 Å². The highest BCUT2D eigenvalue weighted by atomic mass is 16.5. The molecule has 1 aliphatic heterocycles. The third kappa shape index (κ3) is 2.47. The number of H-pyrrole nitrogens is 1. The van der Waals surface area contributed by atoms with Crippen LogP contribution in [0.25, 0.3) is 11.2 Å². The summed E-state index contributed by atoms with van der Waals surface area (Å²) in [4.78, 5) is 33.6. The topological polar surface area (TPSA) is 142 Å². The third-order valence-electron chi connectivity index (χ3n) is 3.42. The van der Waals surface area contributed by atoms with E-state index in [1.54, 1.807) is 0 Å². The van der Waals surface area contributed by atoms with Crippen LogP contribution in [0.4, 0.5) is 5.95 Å². The second-order valence-electron chi connectivity index (χ2n) is 5.03. The lowest BCUT2D eigenvalue weighted by Crippen LogP contribution is -2.24. The number of nitrogens with zero attached hydrogens (tertiary/aromatic N) is 3.